The molecule has 3 heterocycles. The lowest BCUT2D eigenvalue weighted by atomic mass is 10.0. The minimum Gasteiger partial charge on any atom is -0.333 e. The van der Waals surface area contributed by atoms with Gasteiger partial charge in [-0.15, -0.1) is 0 Å². The van der Waals surface area contributed by atoms with Crippen molar-refractivity contribution in [3.63, 3.8) is 0 Å². The van der Waals surface area contributed by atoms with Gasteiger partial charge in [0.2, 0.25) is 10.0 Å². The quantitative estimate of drug-likeness (QED) is 0.844. The number of benzene rings is 1. The minimum atomic E-state index is -3.49. The van der Waals surface area contributed by atoms with Gasteiger partial charge in [0.05, 0.1) is 4.90 Å². The number of carbonyl (C=O) groups is 1. The molecule has 130 valence electrons. The molecule has 0 unspecified atom stereocenters. The maximum atomic E-state index is 12.9. The Kier molecular flexibility index (Phi) is 4.12. The maximum Gasteiger partial charge on any atom is 0.254 e. The molecular weight excluding hydrogens is 324 g/mol. The number of hydrogen-bond acceptors (Lipinski definition) is 3. The highest BCUT2D eigenvalue weighted by Crippen LogP contribution is 2.38. The van der Waals surface area contributed by atoms with E-state index in [1.54, 1.807) is 28.6 Å². The molecule has 0 radical (unpaired) electrons. The molecule has 3 aliphatic rings. The highest BCUT2D eigenvalue weighted by atomic mass is 32.2. The molecule has 0 N–H and O–H groups in total. The third-order valence-electron chi connectivity index (χ3n) is 5.72. The molecule has 3 fully saturated rings. The summed E-state index contributed by atoms with van der Waals surface area (Å²) in [6.45, 7) is 1.16. The smallest absolute Gasteiger partial charge is 0.254 e. The Morgan fingerprint density at radius 1 is 0.958 bits per heavy atom. The van der Waals surface area contributed by atoms with E-state index in [1.807, 2.05) is 4.90 Å². The summed E-state index contributed by atoms with van der Waals surface area (Å²) in [6.07, 6.45) is 7.25. The largest absolute Gasteiger partial charge is 0.333 e. The van der Waals surface area contributed by atoms with Crippen LogP contribution >= 0.6 is 0 Å². The topological polar surface area (TPSA) is 57.7 Å². The zero-order valence-electron chi connectivity index (χ0n) is 13.9. The predicted molar refractivity (Wildman–Crippen MR) is 91.3 cm³/mol. The van der Waals surface area contributed by atoms with Gasteiger partial charge in [-0.05, 0) is 56.7 Å². The molecule has 24 heavy (non-hydrogen) atoms. The van der Waals surface area contributed by atoms with E-state index in [2.05, 4.69) is 0 Å². The molecule has 0 aromatic heterocycles. The third kappa shape index (κ3) is 2.65. The van der Waals surface area contributed by atoms with Gasteiger partial charge in [-0.25, -0.2) is 8.42 Å². The Morgan fingerprint density at radius 3 is 2.21 bits per heavy atom. The van der Waals surface area contributed by atoms with Crippen LogP contribution in [0.5, 0.6) is 0 Å². The van der Waals surface area contributed by atoms with E-state index in [0.29, 0.717) is 30.7 Å². The van der Waals surface area contributed by atoms with Crippen molar-refractivity contribution in [2.75, 3.05) is 13.1 Å². The zero-order valence-corrected chi connectivity index (χ0v) is 14.7. The summed E-state index contributed by atoms with van der Waals surface area (Å²) in [4.78, 5) is 15.1. The SMILES string of the molecule is O=C(c1cccc(S(=O)(=O)N2CCCCC2)c1)N1C2CCC1CC2. The van der Waals surface area contributed by atoms with Gasteiger partial charge in [-0.1, -0.05) is 12.5 Å². The average Bonchev–Trinajstić information content (AvgIpc) is 3.22. The maximum absolute atomic E-state index is 12.9. The fourth-order valence-electron chi connectivity index (χ4n) is 4.44. The van der Waals surface area contributed by atoms with Gasteiger partial charge in [0.1, 0.15) is 0 Å². The van der Waals surface area contributed by atoms with Gasteiger partial charge >= 0.3 is 0 Å². The average molecular weight is 348 g/mol. The Morgan fingerprint density at radius 2 is 1.58 bits per heavy atom. The molecule has 0 spiro atoms. The fourth-order valence-corrected chi connectivity index (χ4v) is 6.00. The molecule has 0 atom stereocenters. The van der Waals surface area contributed by atoms with E-state index < -0.39 is 10.0 Å². The van der Waals surface area contributed by atoms with Crippen molar-refractivity contribution in [3.8, 4) is 0 Å². The standard InChI is InChI=1S/C18H24N2O3S/c21-18(20-15-7-8-16(20)10-9-15)14-5-4-6-17(13-14)24(22,23)19-11-2-1-3-12-19/h4-6,13,15-16H,1-3,7-12H2. The molecule has 1 aromatic carbocycles. The number of rotatable bonds is 3. The lowest BCUT2D eigenvalue weighted by molar-refractivity contribution is 0.0729. The molecule has 1 aromatic rings. The summed E-state index contributed by atoms with van der Waals surface area (Å²) in [5, 5.41) is 0. The number of piperidine rings is 1. The lowest BCUT2D eigenvalue weighted by Crippen LogP contribution is -2.36. The van der Waals surface area contributed by atoms with Crippen molar-refractivity contribution in [3.05, 3.63) is 29.8 Å². The number of carbonyl (C=O) groups excluding carboxylic acids is 1. The number of nitrogens with zero attached hydrogens (tertiary/aromatic N) is 2. The van der Waals surface area contributed by atoms with Crippen molar-refractivity contribution in [2.45, 2.75) is 61.9 Å². The highest BCUT2D eigenvalue weighted by Gasteiger charge is 2.42. The van der Waals surface area contributed by atoms with Crippen LogP contribution in [0.4, 0.5) is 0 Å². The summed E-state index contributed by atoms with van der Waals surface area (Å²) in [5.41, 5.74) is 0.506. The van der Waals surface area contributed by atoms with Crippen LogP contribution in [0.1, 0.15) is 55.3 Å². The molecule has 4 rings (SSSR count). The van der Waals surface area contributed by atoms with E-state index in [-0.39, 0.29) is 10.8 Å². The van der Waals surface area contributed by atoms with Crippen LogP contribution in [-0.2, 0) is 10.0 Å². The van der Waals surface area contributed by atoms with Gasteiger partial charge < -0.3 is 4.90 Å². The third-order valence-corrected chi connectivity index (χ3v) is 7.62. The van der Waals surface area contributed by atoms with Crippen molar-refractivity contribution < 1.29 is 13.2 Å². The molecule has 0 saturated carbocycles. The fraction of sp³-hybridized carbons (Fsp3) is 0.611. The Balaban J connectivity index is 1.60. The van der Waals surface area contributed by atoms with Crippen LogP contribution in [0.15, 0.2) is 29.2 Å². The Labute approximate surface area is 143 Å². The zero-order chi connectivity index (χ0) is 16.7. The first kappa shape index (κ1) is 16.1. The summed E-state index contributed by atoms with van der Waals surface area (Å²) in [7, 11) is -3.49. The van der Waals surface area contributed by atoms with Gasteiger partial charge in [-0.2, -0.15) is 4.31 Å². The van der Waals surface area contributed by atoms with Crippen LogP contribution in [0.25, 0.3) is 0 Å². The van der Waals surface area contributed by atoms with Crippen molar-refractivity contribution in [1.29, 1.82) is 0 Å². The lowest BCUT2D eigenvalue weighted by Gasteiger charge is -2.26. The van der Waals surface area contributed by atoms with E-state index >= 15 is 0 Å². The van der Waals surface area contributed by atoms with E-state index in [0.717, 1.165) is 44.9 Å². The van der Waals surface area contributed by atoms with Gasteiger partial charge in [0.25, 0.3) is 5.91 Å². The molecule has 3 saturated heterocycles. The second kappa shape index (κ2) is 6.15. The normalized spacial score (nSPS) is 27.6. The first-order valence-corrected chi connectivity index (χ1v) is 10.4. The van der Waals surface area contributed by atoms with E-state index in [4.69, 9.17) is 0 Å². The molecule has 2 bridgehead atoms. The Hall–Kier alpha value is -1.40. The van der Waals surface area contributed by atoms with Crippen LogP contribution in [-0.4, -0.2) is 48.7 Å². The molecule has 5 nitrogen and oxygen atoms in total. The monoisotopic (exact) mass is 348 g/mol. The summed E-state index contributed by atoms with van der Waals surface area (Å²) < 4.78 is 27.2. The second-order valence-electron chi connectivity index (χ2n) is 7.17. The number of amides is 1. The van der Waals surface area contributed by atoms with Gasteiger partial charge in [-0.3, -0.25) is 4.79 Å². The molecule has 6 heteroatoms. The number of sulfonamides is 1. The van der Waals surface area contributed by atoms with Crippen molar-refractivity contribution in [2.24, 2.45) is 0 Å². The summed E-state index contributed by atoms with van der Waals surface area (Å²) in [5.74, 6) is -0.00399. The van der Waals surface area contributed by atoms with E-state index in [9.17, 15) is 13.2 Å². The number of fused-ring (bicyclic) bond motifs is 2. The number of hydrogen-bond donors (Lipinski definition) is 0. The van der Waals surface area contributed by atoms with Crippen molar-refractivity contribution in [1.82, 2.24) is 9.21 Å². The van der Waals surface area contributed by atoms with Crippen LogP contribution in [0.2, 0.25) is 0 Å². The summed E-state index contributed by atoms with van der Waals surface area (Å²) in [6, 6.07) is 7.33. The van der Waals surface area contributed by atoms with Crippen LogP contribution in [0.3, 0.4) is 0 Å². The molecule has 1 amide bonds. The first-order valence-electron chi connectivity index (χ1n) is 9.00. The molecular formula is C18H24N2O3S. The predicted octanol–water partition coefficient (Wildman–Crippen LogP) is 2.63. The second-order valence-corrected chi connectivity index (χ2v) is 9.11. The highest BCUT2D eigenvalue weighted by molar-refractivity contribution is 7.89. The van der Waals surface area contributed by atoms with Gasteiger partial charge in [0.15, 0.2) is 0 Å². The molecule has 0 aliphatic carbocycles. The summed E-state index contributed by atoms with van der Waals surface area (Å²) >= 11 is 0. The molecule has 3 aliphatic heterocycles. The van der Waals surface area contributed by atoms with Crippen LogP contribution in [0, 0.1) is 0 Å². The Bertz CT molecular complexity index is 720. The van der Waals surface area contributed by atoms with Gasteiger partial charge in [0, 0.05) is 30.7 Å². The first-order chi connectivity index (χ1) is 11.6. The van der Waals surface area contributed by atoms with Crippen molar-refractivity contribution >= 4 is 15.9 Å². The van der Waals surface area contributed by atoms with E-state index in [1.165, 1.54) is 0 Å². The minimum absolute atomic E-state index is 0.00399. The van der Waals surface area contributed by atoms with Crippen LogP contribution < -0.4 is 0 Å².